The first-order valence-electron chi connectivity index (χ1n) is 9.72. The van der Waals surface area contributed by atoms with Crippen molar-refractivity contribution in [1.29, 1.82) is 0 Å². The van der Waals surface area contributed by atoms with Crippen molar-refractivity contribution in [2.75, 3.05) is 26.3 Å². The summed E-state index contributed by atoms with van der Waals surface area (Å²) in [5.41, 5.74) is 0.920. The van der Waals surface area contributed by atoms with Gasteiger partial charge in [-0.25, -0.2) is 4.98 Å². The van der Waals surface area contributed by atoms with Crippen LogP contribution in [0.4, 0.5) is 0 Å². The molecule has 0 unspecified atom stereocenters. The minimum Gasteiger partial charge on any atom is -0.490 e. The highest BCUT2D eigenvalue weighted by Gasteiger charge is 2.16. The Balaban J connectivity index is 1.47. The van der Waals surface area contributed by atoms with Gasteiger partial charge in [0.15, 0.2) is 5.84 Å². The number of para-hydroxylation sites is 1. The lowest BCUT2D eigenvalue weighted by atomic mass is 10.2. The van der Waals surface area contributed by atoms with Crippen LogP contribution in [0.3, 0.4) is 0 Å². The molecular weight excluding hydrogens is 388 g/mol. The number of hydrazone groups is 1. The molecule has 3 aromatic rings. The zero-order valence-corrected chi connectivity index (χ0v) is 16.8. The van der Waals surface area contributed by atoms with Gasteiger partial charge in [0.1, 0.15) is 31.0 Å². The highest BCUT2D eigenvalue weighted by Crippen LogP contribution is 2.22. The maximum atomic E-state index is 6.04. The average molecular weight is 411 g/mol. The zero-order chi connectivity index (χ0) is 19.9. The van der Waals surface area contributed by atoms with Crippen molar-refractivity contribution in [3.05, 3.63) is 77.8 Å². The molecule has 150 valence electrons. The molecule has 2 heterocycles. The molecule has 1 fully saturated rings. The van der Waals surface area contributed by atoms with Crippen LogP contribution in [0.1, 0.15) is 18.4 Å². The first-order chi connectivity index (χ1) is 14.3. The molecule has 6 nitrogen and oxygen atoms in total. The number of benzene rings is 2. The fourth-order valence-corrected chi connectivity index (χ4v) is 3.31. The Bertz CT molecular complexity index is 936. The second-order valence-electron chi connectivity index (χ2n) is 6.70. The third-order valence-electron chi connectivity index (χ3n) is 4.62. The fraction of sp³-hybridized carbons (Fsp3) is 0.273. The molecular formula is C22H23ClN4O2. The SMILES string of the molecule is Clc1ccc(OCCOc2ccccc2C(=NN2CCCC2)n2ccnc2)cc1. The van der Waals surface area contributed by atoms with Crippen LogP contribution in [-0.4, -0.2) is 46.7 Å². The van der Waals surface area contributed by atoms with E-state index in [0.29, 0.717) is 18.2 Å². The Morgan fingerprint density at radius 2 is 1.76 bits per heavy atom. The summed E-state index contributed by atoms with van der Waals surface area (Å²) in [6.45, 7) is 2.78. The zero-order valence-electron chi connectivity index (χ0n) is 16.1. The molecule has 1 aliphatic heterocycles. The standard InChI is InChI=1S/C22H23ClN4O2/c23-18-7-9-19(10-8-18)28-15-16-29-21-6-2-1-5-20(21)22(26-14-11-24-17-26)25-27-12-3-4-13-27/h1-2,5-11,14,17H,3-4,12-13,15-16H2. The van der Waals surface area contributed by atoms with Gasteiger partial charge in [0, 0.05) is 30.5 Å². The number of halogens is 1. The molecule has 1 saturated heterocycles. The molecule has 0 N–H and O–H groups in total. The number of rotatable bonds is 7. The van der Waals surface area contributed by atoms with Gasteiger partial charge >= 0.3 is 0 Å². The topological polar surface area (TPSA) is 51.9 Å². The van der Waals surface area contributed by atoms with Crippen molar-refractivity contribution >= 4 is 17.4 Å². The predicted molar refractivity (Wildman–Crippen MR) is 114 cm³/mol. The second-order valence-corrected chi connectivity index (χ2v) is 7.14. The Kier molecular flexibility index (Phi) is 6.32. The summed E-state index contributed by atoms with van der Waals surface area (Å²) in [5.74, 6) is 2.33. The molecule has 1 aliphatic rings. The molecule has 0 atom stereocenters. The van der Waals surface area contributed by atoms with Gasteiger partial charge in [0.05, 0.1) is 5.56 Å². The van der Waals surface area contributed by atoms with Crippen LogP contribution < -0.4 is 9.47 Å². The Morgan fingerprint density at radius 1 is 1.00 bits per heavy atom. The first kappa shape index (κ1) is 19.3. The van der Waals surface area contributed by atoms with Crippen molar-refractivity contribution in [3.8, 4) is 11.5 Å². The summed E-state index contributed by atoms with van der Waals surface area (Å²) in [5, 5.41) is 7.68. The Hall–Kier alpha value is -2.99. The van der Waals surface area contributed by atoms with E-state index in [1.165, 1.54) is 12.8 Å². The van der Waals surface area contributed by atoms with E-state index >= 15 is 0 Å². The van der Waals surface area contributed by atoms with Gasteiger partial charge in [-0.3, -0.25) is 9.58 Å². The van der Waals surface area contributed by atoms with Gasteiger partial charge in [-0.15, -0.1) is 0 Å². The molecule has 0 aliphatic carbocycles. The number of aromatic nitrogens is 2. The van der Waals surface area contributed by atoms with Gasteiger partial charge in [0.25, 0.3) is 0 Å². The quantitative estimate of drug-likeness (QED) is 0.331. The first-order valence-corrected chi connectivity index (χ1v) is 10.1. The van der Waals surface area contributed by atoms with Gasteiger partial charge < -0.3 is 9.47 Å². The number of nitrogens with zero attached hydrogens (tertiary/aromatic N) is 4. The van der Waals surface area contributed by atoms with Crippen molar-refractivity contribution < 1.29 is 9.47 Å². The molecule has 0 spiro atoms. The van der Waals surface area contributed by atoms with Crippen molar-refractivity contribution in [3.63, 3.8) is 0 Å². The van der Waals surface area contributed by atoms with E-state index in [-0.39, 0.29) is 0 Å². The Labute approximate surface area is 175 Å². The normalized spacial score (nSPS) is 14.2. The summed E-state index contributed by atoms with van der Waals surface area (Å²) in [4.78, 5) is 4.18. The lowest BCUT2D eigenvalue weighted by Crippen LogP contribution is -2.21. The largest absolute Gasteiger partial charge is 0.490 e. The molecule has 0 radical (unpaired) electrons. The van der Waals surface area contributed by atoms with Crippen LogP contribution >= 0.6 is 11.6 Å². The average Bonchev–Trinajstić information content (AvgIpc) is 3.45. The number of ether oxygens (including phenoxy) is 2. The van der Waals surface area contributed by atoms with E-state index in [9.17, 15) is 0 Å². The van der Waals surface area contributed by atoms with Crippen molar-refractivity contribution in [2.45, 2.75) is 12.8 Å². The Morgan fingerprint density at radius 3 is 2.52 bits per heavy atom. The van der Waals surface area contributed by atoms with E-state index in [4.69, 9.17) is 26.2 Å². The molecule has 0 bridgehead atoms. The third kappa shape index (κ3) is 5.09. The minimum absolute atomic E-state index is 0.417. The van der Waals surface area contributed by atoms with Crippen molar-refractivity contribution in [1.82, 2.24) is 14.6 Å². The van der Waals surface area contributed by atoms with Crippen LogP contribution in [0.5, 0.6) is 11.5 Å². The lowest BCUT2D eigenvalue weighted by Gasteiger charge is -2.17. The van der Waals surface area contributed by atoms with Gasteiger partial charge in [0.2, 0.25) is 0 Å². The van der Waals surface area contributed by atoms with Crippen LogP contribution in [0, 0.1) is 0 Å². The molecule has 29 heavy (non-hydrogen) atoms. The number of hydrogen-bond donors (Lipinski definition) is 0. The number of hydrogen-bond acceptors (Lipinski definition) is 5. The van der Waals surface area contributed by atoms with Crippen LogP contribution in [0.15, 0.2) is 72.4 Å². The fourth-order valence-electron chi connectivity index (χ4n) is 3.18. The third-order valence-corrected chi connectivity index (χ3v) is 4.87. The van der Waals surface area contributed by atoms with Crippen LogP contribution in [0.25, 0.3) is 0 Å². The van der Waals surface area contributed by atoms with E-state index in [2.05, 4.69) is 9.99 Å². The molecule has 1 aromatic heterocycles. The molecule has 4 rings (SSSR count). The van der Waals surface area contributed by atoms with Crippen LogP contribution in [-0.2, 0) is 0 Å². The van der Waals surface area contributed by atoms with Gasteiger partial charge in [-0.1, -0.05) is 23.7 Å². The maximum absolute atomic E-state index is 6.04. The number of imidazole rings is 1. The summed E-state index contributed by atoms with van der Waals surface area (Å²) >= 11 is 5.90. The van der Waals surface area contributed by atoms with Gasteiger partial charge in [-0.05, 0) is 49.2 Å². The van der Waals surface area contributed by atoms with Crippen LogP contribution in [0.2, 0.25) is 5.02 Å². The highest BCUT2D eigenvalue weighted by atomic mass is 35.5. The predicted octanol–water partition coefficient (Wildman–Crippen LogP) is 4.30. The lowest BCUT2D eigenvalue weighted by molar-refractivity contribution is 0.217. The molecule has 2 aromatic carbocycles. The highest BCUT2D eigenvalue weighted by molar-refractivity contribution is 6.30. The smallest absolute Gasteiger partial charge is 0.169 e. The summed E-state index contributed by atoms with van der Waals surface area (Å²) in [6.07, 6.45) is 7.75. The van der Waals surface area contributed by atoms with E-state index in [0.717, 1.165) is 36.0 Å². The van der Waals surface area contributed by atoms with E-state index in [1.54, 1.807) is 24.7 Å². The summed E-state index contributed by atoms with van der Waals surface area (Å²) < 4.78 is 13.7. The molecule has 0 saturated carbocycles. The van der Waals surface area contributed by atoms with E-state index in [1.807, 2.05) is 47.2 Å². The van der Waals surface area contributed by atoms with Crippen molar-refractivity contribution in [2.24, 2.45) is 5.10 Å². The molecule has 7 heteroatoms. The minimum atomic E-state index is 0.417. The molecule has 0 amide bonds. The summed E-state index contributed by atoms with van der Waals surface area (Å²) in [7, 11) is 0. The maximum Gasteiger partial charge on any atom is 0.169 e. The monoisotopic (exact) mass is 410 g/mol. The van der Waals surface area contributed by atoms with Gasteiger partial charge in [-0.2, -0.15) is 5.10 Å². The second kappa shape index (κ2) is 9.47. The summed E-state index contributed by atoms with van der Waals surface area (Å²) in [6, 6.07) is 15.2. The van der Waals surface area contributed by atoms with E-state index < -0.39 is 0 Å².